The smallest absolute Gasteiger partial charge is 0.224 e. The summed E-state index contributed by atoms with van der Waals surface area (Å²) in [7, 11) is 0. The summed E-state index contributed by atoms with van der Waals surface area (Å²) in [5, 5.41) is 11.3. The van der Waals surface area contributed by atoms with Crippen molar-refractivity contribution in [2.75, 3.05) is 6.54 Å². The number of aromatic nitrogens is 4. The Bertz CT molecular complexity index is 1180. The van der Waals surface area contributed by atoms with Gasteiger partial charge in [-0.15, -0.1) is 11.3 Å². The Morgan fingerprint density at radius 2 is 1.87 bits per heavy atom. The number of nitrogens with zero attached hydrogens (tertiary/aromatic N) is 4. The van der Waals surface area contributed by atoms with E-state index in [1.54, 1.807) is 23.7 Å². The fourth-order valence-electron chi connectivity index (χ4n) is 3.38. The number of benzene rings is 1. The number of hydrogen-bond acceptors (Lipinski definition) is 5. The van der Waals surface area contributed by atoms with E-state index in [0.717, 1.165) is 38.9 Å². The topological polar surface area (TPSA) is 72.7 Å². The van der Waals surface area contributed by atoms with Crippen LogP contribution >= 0.6 is 22.9 Å². The zero-order valence-corrected chi connectivity index (χ0v) is 18.9. The molecule has 4 rings (SSSR count). The van der Waals surface area contributed by atoms with Gasteiger partial charge in [-0.3, -0.25) is 9.78 Å². The van der Waals surface area contributed by atoms with E-state index in [4.69, 9.17) is 11.6 Å². The molecule has 0 fully saturated rings. The van der Waals surface area contributed by atoms with Crippen LogP contribution in [-0.2, 0) is 17.6 Å². The third-order valence-electron chi connectivity index (χ3n) is 5.04. The van der Waals surface area contributed by atoms with E-state index < -0.39 is 0 Å². The van der Waals surface area contributed by atoms with Crippen LogP contribution in [0.25, 0.3) is 16.9 Å². The summed E-state index contributed by atoms with van der Waals surface area (Å²) in [6.45, 7) is 4.46. The highest BCUT2D eigenvalue weighted by Crippen LogP contribution is 2.22. The molecular weight excluding hydrogens is 430 g/mol. The van der Waals surface area contributed by atoms with Crippen LogP contribution in [0.5, 0.6) is 0 Å². The SMILES string of the molecule is Cc1nn(-c2ccc(Cl)cc2)c(C)c1CC(=O)NCCc1nc(-c2ccncc2)cs1. The molecule has 158 valence electrons. The Balaban J connectivity index is 1.34. The molecule has 0 radical (unpaired) electrons. The van der Waals surface area contributed by atoms with Crippen molar-refractivity contribution in [1.29, 1.82) is 0 Å². The molecule has 3 heterocycles. The van der Waals surface area contributed by atoms with Gasteiger partial charge < -0.3 is 5.32 Å². The van der Waals surface area contributed by atoms with E-state index in [9.17, 15) is 4.79 Å². The van der Waals surface area contributed by atoms with Crippen molar-refractivity contribution >= 4 is 28.8 Å². The molecule has 0 aliphatic rings. The zero-order valence-electron chi connectivity index (χ0n) is 17.3. The van der Waals surface area contributed by atoms with Gasteiger partial charge in [0, 0.05) is 52.6 Å². The maximum absolute atomic E-state index is 12.5. The predicted octanol–water partition coefficient (Wildman–Crippen LogP) is 4.56. The summed E-state index contributed by atoms with van der Waals surface area (Å²) >= 11 is 7.58. The first-order valence-electron chi connectivity index (χ1n) is 9.94. The van der Waals surface area contributed by atoms with Gasteiger partial charge in [-0.2, -0.15) is 5.10 Å². The van der Waals surface area contributed by atoms with Crippen LogP contribution in [0.3, 0.4) is 0 Å². The van der Waals surface area contributed by atoms with Crippen molar-refractivity contribution in [3.8, 4) is 16.9 Å². The molecule has 0 saturated carbocycles. The van der Waals surface area contributed by atoms with Gasteiger partial charge in [-0.1, -0.05) is 11.6 Å². The second-order valence-corrected chi connectivity index (χ2v) is 8.56. The Labute approximate surface area is 189 Å². The highest BCUT2D eigenvalue weighted by Gasteiger charge is 2.16. The van der Waals surface area contributed by atoms with Crippen molar-refractivity contribution in [2.45, 2.75) is 26.7 Å². The molecule has 6 nitrogen and oxygen atoms in total. The van der Waals surface area contributed by atoms with E-state index >= 15 is 0 Å². The highest BCUT2D eigenvalue weighted by atomic mass is 35.5. The quantitative estimate of drug-likeness (QED) is 0.447. The zero-order chi connectivity index (χ0) is 21.8. The number of rotatable bonds is 7. The molecular formula is C23H22ClN5OS. The van der Waals surface area contributed by atoms with Gasteiger partial charge in [0.25, 0.3) is 0 Å². The fraction of sp³-hybridized carbons (Fsp3) is 0.217. The maximum atomic E-state index is 12.5. The van der Waals surface area contributed by atoms with Gasteiger partial charge in [0.2, 0.25) is 5.91 Å². The third kappa shape index (κ3) is 5.00. The van der Waals surface area contributed by atoms with Crippen LogP contribution in [0.1, 0.15) is 22.0 Å². The van der Waals surface area contributed by atoms with Crippen molar-refractivity contribution in [2.24, 2.45) is 0 Å². The number of carbonyl (C=O) groups is 1. The number of thiazole rings is 1. The number of nitrogens with one attached hydrogen (secondary N) is 1. The van der Waals surface area contributed by atoms with Gasteiger partial charge in [0.05, 0.1) is 28.5 Å². The molecule has 0 bridgehead atoms. The van der Waals surface area contributed by atoms with E-state index in [0.29, 0.717) is 24.4 Å². The molecule has 0 spiro atoms. The number of halogens is 1. The predicted molar refractivity (Wildman–Crippen MR) is 124 cm³/mol. The van der Waals surface area contributed by atoms with Crippen LogP contribution in [0.2, 0.25) is 5.02 Å². The summed E-state index contributed by atoms with van der Waals surface area (Å²) in [4.78, 5) is 21.2. The number of hydrogen-bond donors (Lipinski definition) is 1. The molecule has 8 heteroatoms. The lowest BCUT2D eigenvalue weighted by molar-refractivity contribution is -0.120. The lowest BCUT2D eigenvalue weighted by Crippen LogP contribution is -2.27. The van der Waals surface area contributed by atoms with Crippen molar-refractivity contribution in [3.63, 3.8) is 0 Å². The minimum atomic E-state index is -0.0206. The van der Waals surface area contributed by atoms with Crippen LogP contribution in [0, 0.1) is 13.8 Å². The van der Waals surface area contributed by atoms with Gasteiger partial charge in [0.15, 0.2) is 0 Å². The lowest BCUT2D eigenvalue weighted by Gasteiger charge is -2.07. The van der Waals surface area contributed by atoms with Gasteiger partial charge in [0.1, 0.15) is 0 Å². The second kappa shape index (κ2) is 9.41. The first-order chi connectivity index (χ1) is 15.0. The Kier molecular flexibility index (Phi) is 6.44. The number of carbonyl (C=O) groups excluding carboxylic acids is 1. The molecule has 31 heavy (non-hydrogen) atoms. The molecule has 0 saturated heterocycles. The van der Waals surface area contributed by atoms with E-state index in [1.807, 2.05) is 60.3 Å². The number of aryl methyl sites for hydroxylation is 1. The molecule has 1 N–H and O–H groups in total. The maximum Gasteiger partial charge on any atom is 0.224 e. The van der Waals surface area contributed by atoms with Crippen molar-refractivity contribution in [3.05, 3.63) is 81.2 Å². The molecule has 0 aliphatic heterocycles. The molecule has 1 aromatic carbocycles. The first-order valence-corrected chi connectivity index (χ1v) is 11.2. The monoisotopic (exact) mass is 451 g/mol. The fourth-order valence-corrected chi connectivity index (χ4v) is 4.31. The van der Waals surface area contributed by atoms with E-state index in [-0.39, 0.29) is 5.91 Å². The van der Waals surface area contributed by atoms with E-state index in [2.05, 4.69) is 20.4 Å². The summed E-state index contributed by atoms with van der Waals surface area (Å²) in [5.41, 5.74) is 5.66. The largest absolute Gasteiger partial charge is 0.355 e. The van der Waals surface area contributed by atoms with Crippen LogP contribution in [0.15, 0.2) is 54.2 Å². The van der Waals surface area contributed by atoms with Gasteiger partial charge in [-0.05, 0) is 50.2 Å². The standard InChI is InChI=1S/C23H22ClN5OS/c1-15-20(16(2)29(28-15)19-5-3-18(24)4-6-19)13-22(30)26-12-9-23-27-21(14-31-23)17-7-10-25-11-8-17/h3-8,10-11,14H,9,12-13H2,1-2H3,(H,26,30). The normalized spacial score (nSPS) is 10.9. The van der Waals surface area contributed by atoms with Crippen LogP contribution < -0.4 is 5.32 Å². The Morgan fingerprint density at radius 3 is 2.61 bits per heavy atom. The molecule has 3 aromatic heterocycles. The minimum absolute atomic E-state index is 0.0206. The third-order valence-corrected chi connectivity index (χ3v) is 6.20. The average molecular weight is 452 g/mol. The lowest BCUT2D eigenvalue weighted by atomic mass is 10.1. The number of amides is 1. The van der Waals surface area contributed by atoms with Crippen molar-refractivity contribution in [1.82, 2.24) is 25.1 Å². The average Bonchev–Trinajstić information content (AvgIpc) is 3.35. The Hall–Kier alpha value is -3.03. The van der Waals surface area contributed by atoms with Crippen LogP contribution in [0.4, 0.5) is 0 Å². The summed E-state index contributed by atoms with van der Waals surface area (Å²) in [6.07, 6.45) is 4.51. The molecule has 0 unspecified atom stereocenters. The highest BCUT2D eigenvalue weighted by molar-refractivity contribution is 7.09. The summed E-state index contributed by atoms with van der Waals surface area (Å²) in [6, 6.07) is 11.4. The van der Waals surface area contributed by atoms with Crippen LogP contribution in [-0.4, -0.2) is 32.2 Å². The van der Waals surface area contributed by atoms with Gasteiger partial charge >= 0.3 is 0 Å². The molecule has 0 atom stereocenters. The number of pyridine rings is 1. The van der Waals surface area contributed by atoms with Gasteiger partial charge in [-0.25, -0.2) is 9.67 Å². The first kappa shape index (κ1) is 21.2. The second-order valence-electron chi connectivity index (χ2n) is 7.18. The molecule has 4 aromatic rings. The van der Waals surface area contributed by atoms with Crippen molar-refractivity contribution < 1.29 is 4.79 Å². The minimum Gasteiger partial charge on any atom is -0.355 e. The summed E-state index contributed by atoms with van der Waals surface area (Å²) < 4.78 is 1.85. The Morgan fingerprint density at radius 1 is 1.13 bits per heavy atom. The molecule has 0 aliphatic carbocycles. The summed E-state index contributed by atoms with van der Waals surface area (Å²) in [5.74, 6) is -0.0206. The van der Waals surface area contributed by atoms with E-state index in [1.165, 1.54) is 0 Å². The molecule has 1 amide bonds.